The van der Waals surface area contributed by atoms with E-state index >= 15 is 0 Å². The highest BCUT2D eigenvalue weighted by molar-refractivity contribution is 7.17. The average Bonchev–Trinajstić information content (AvgIpc) is 3.49. The summed E-state index contributed by atoms with van der Waals surface area (Å²) in [7, 11) is 0. The number of anilines is 1. The number of oxime groups is 1. The van der Waals surface area contributed by atoms with Crippen LogP contribution in [0.25, 0.3) is 0 Å². The normalized spacial score (nSPS) is 17.1. The number of rotatable bonds is 6. The van der Waals surface area contributed by atoms with Gasteiger partial charge in [-0.05, 0) is 49.9 Å². The zero-order chi connectivity index (χ0) is 26.9. The lowest BCUT2D eigenvalue weighted by Gasteiger charge is -2.34. The third-order valence-corrected chi connectivity index (χ3v) is 7.76. The van der Waals surface area contributed by atoms with Crippen molar-refractivity contribution in [3.8, 4) is 0 Å². The van der Waals surface area contributed by atoms with Crippen LogP contribution in [0.2, 0.25) is 0 Å². The maximum absolute atomic E-state index is 13.1. The van der Waals surface area contributed by atoms with E-state index in [-0.39, 0.29) is 30.6 Å². The molecule has 0 saturated carbocycles. The Bertz CT molecular complexity index is 1330. The van der Waals surface area contributed by atoms with Crippen LogP contribution in [0.15, 0.2) is 35.5 Å². The summed E-state index contributed by atoms with van der Waals surface area (Å²) >= 11 is 1.55. The molecule has 1 aliphatic heterocycles. The van der Waals surface area contributed by atoms with Gasteiger partial charge in [-0.1, -0.05) is 28.6 Å². The van der Waals surface area contributed by atoms with Gasteiger partial charge in [0.2, 0.25) is 5.91 Å². The van der Waals surface area contributed by atoms with Gasteiger partial charge in [-0.2, -0.15) is 18.3 Å². The van der Waals surface area contributed by atoms with E-state index < -0.39 is 11.9 Å². The van der Waals surface area contributed by atoms with Crippen molar-refractivity contribution in [2.24, 2.45) is 5.16 Å². The predicted molar refractivity (Wildman–Crippen MR) is 134 cm³/mol. The molecule has 0 spiro atoms. The molecule has 1 aliphatic carbocycles. The number of halogens is 4. The average molecular weight is 551 g/mol. The number of piperazine rings is 1. The van der Waals surface area contributed by atoms with Crippen LogP contribution in [0.5, 0.6) is 0 Å². The van der Waals surface area contributed by atoms with Gasteiger partial charge >= 0.3 is 6.18 Å². The fraction of sp³-hybridized carbons (Fsp3) is 0.440. The van der Waals surface area contributed by atoms with Crippen LogP contribution >= 0.6 is 11.3 Å². The van der Waals surface area contributed by atoms with Gasteiger partial charge in [0.1, 0.15) is 19.0 Å². The van der Waals surface area contributed by atoms with Crippen LogP contribution in [0.3, 0.4) is 0 Å². The molecule has 38 heavy (non-hydrogen) atoms. The highest BCUT2D eigenvalue weighted by atomic mass is 32.1. The fourth-order valence-corrected chi connectivity index (χ4v) is 5.62. The van der Waals surface area contributed by atoms with Crippen molar-refractivity contribution >= 4 is 28.1 Å². The zero-order valence-electron chi connectivity index (χ0n) is 20.7. The molecule has 0 bridgehead atoms. The highest BCUT2D eigenvalue weighted by Gasteiger charge is 2.35. The third kappa shape index (κ3) is 5.82. The van der Waals surface area contributed by atoms with Crippen LogP contribution in [0.1, 0.15) is 40.4 Å². The summed E-state index contributed by atoms with van der Waals surface area (Å²) in [6.07, 6.45) is -2.00. The molecule has 1 saturated heterocycles. The topological polar surface area (TPSA) is 75.9 Å². The number of benzene rings is 1. The summed E-state index contributed by atoms with van der Waals surface area (Å²) in [5.74, 6) is -0.567. The highest BCUT2D eigenvalue weighted by Crippen LogP contribution is 2.33. The second-order valence-corrected chi connectivity index (χ2v) is 10.2. The molecule has 3 heterocycles. The molecule has 0 unspecified atom stereocenters. The molecule has 13 heteroatoms. The van der Waals surface area contributed by atoms with Gasteiger partial charge in [0.05, 0.1) is 16.3 Å². The minimum Gasteiger partial charge on any atom is -0.391 e. The SMILES string of the molecule is Cc1cc(C(F)(F)F)nn1CC(=O)N1CCN(c2nc3c(s2)C(=NOCc2ccc(F)cc2)CCC3)CC1. The Morgan fingerprint density at radius 2 is 1.87 bits per heavy atom. The van der Waals surface area contributed by atoms with Gasteiger partial charge in [0.15, 0.2) is 10.8 Å². The molecule has 0 radical (unpaired) electrons. The Morgan fingerprint density at radius 3 is 2.55 bits per heavy atom. The summed E-state index contributed by atoms with van der Waals surface area (Å²) in [4.78, 5) is 27.9. The number of aryl methyl sites for hydroxylation is 2. The van der Waals surface area contributed by atoms with Crippen LogP contribution in [-0.2, 0) is 35.4 Å². The Labute approximate surface area is 220 Å². The van der Waals surface area contributed by atoms with E-state index in [2.05, 4.69) is 15.2 Å². The van der Waals surface area contributed by atoms with Gasteiger partial charge in [-0.3, -0.25) is 9.48 Å². The largest absolute Gasteiger partial charge is 0.435 e. The number of hydrogen-bond donors (Lipinski definition) is 0. The lowest BCUT2D eigenvalue weighted by atomic mass is 10.0. The molecule has 202 valence electrons. The van der Waals surface area contributed by atoms with Crippen molar-refractivity contribution in [2.45, 2.75) is 45.5 Å². The van der Waals surface area contributed by atoms with Crippen LogP contribution in [-0.4, -0.2) is 57.5 Å². The van der Waals surface area contributed by atoms with Crippen LogP contribution in [0.4, 0.5) is 22.7 Å². The predicted octanol–water partition coefficient (Wildman–Crippen LogP) is 4.41. The van der Waals surface area contributed by atoms with Gasteiger partial charge in [-0.25, -0.2) is 9.37 Å². The first-order chi connectivity index (χ1) is 18.2. The summed E-state index contributed by atoms with van der Waals surface area (Å²) < 4.78 is 53.0. The molecule has 5 rings (SSSR count). The number of carbonyl (C=O) groups is 1. The van der Waals surface area contributed by atoms with Crippen molar-refractivity contribution < 1.29 is 27.2 Å². The van der Waals surface area contributed by atoms with E-state index in [1.807, 2.05) is 0 Å². The molecule has 2 aromatic heterocycles. The summed E-state index contributed by atoms with van der Waals surface area (Å²) in [6.45, 7) is 3.54. The lowest BCUT2D eigenvalue weighted by molar-refractivity contribution is -0.142. The Balaban J connectivity index is 1.18. The quantitative estimate of drug-likeness (QED) is 0.336. The molecule has 8 nitrogen and oxygen atoms in total. The second kappa shape index (κ2) is 10.7. The molecular formula is C25H26F4N6O2S. The van der Waals surface area contributed by atoms with Crippen LogP contribution in [0, 0.1) is 12.7 Å². The monoisotopic (exact) mass is 550 g/mol. The van der Waals surface area contributed by atoms with Gasteiger partial charge < -0.3 is 14.6 Å². The first kappa shape index (κ1) is 26.1. The van der Waals surface area contributed by atoms with Crippen molar-refractivity contribution in [3.05, 3.63) is 63.7 Å². The Hall–Kier alpha value is -3.48. The zero-order valence-corrected chi connectivity index (χ0v) is 21.5. The van der Waals surface area contributed by atoms with E-state index in [1.165, 1.54) is 19.1 Å². The van der Waals surface area contributed by atoms with E-state index in [0.29, 0.717) is 26.2 Å². The third-order valence-electron chi connectivity index (χ3n) is 6.55. The number of fused-ring (bicyclic) bond motifs is 1. The van der Waals surface area contributed by atoms with Gasteiger partial charge in [0, 0.05) is 31.9 Å². The first-order valence-corrected chi connectivity index (χ1v) is 13.1. The second-order valence-electron chi connectivity index (χ2n) is 9.26. The molecule has 1 fully saturated rings. The number of amides is 1. The molecule has 0 N–H and O–H groups in total. The smallest absolute Gasteiger partial charge is 0.391 e. The van der Waals surface area contributed by atoms with Crippen LogP contribution < -0.4 is 4.90 Å². The summed E-state index contributed by atoms with van der Waals surface area (Å²) in [5.41, 5.74) is 1.95. The van der Waals surface area contributed by atoms with E-state index in [1.54, 1.807) is 28.4 Å². The van der Waals surface area contributed by atoms with Crippen molar-refractivity contribution in [2.75, 3.05) is 31.1 Å². The van der Waals surface area contributed by atoms with E-state index in [9.17, 15) is 22.4 Å². The number of alkyl halides is 3. The standard InChI is InChI=1S/C25H26F4N6O2S/c1-16-13-21(25(27,28)29)31-35(16)14-22(36)33-9-11-34(12-10-33)24-30-19-3-2-4-20(23(19)38-24)32-37-15-17-5-7-18(26)8-6-17/h5-8,13H,2-4,9-12,14-15H2,1H3. The first-order valence-electron chi connectivity index (χ1n) is 12.2. The number of thiazole rings is 1. The fourth-order valence-electron chi connectivity index (χ4n) is 4.44. The number of aromatic nitrogens is 3. The Morgan fingerprint density at radius 1 is 1.13 bits per heavy atom. The van der Waals surface area contributed by atoms with Gasteiger partial charge in [0.25, 0.3) is 0 Å². The molecule has 1 amide bonds. The number of nitrogens with zero attached hydrogens (tertiary/aromatic N) is 6. The molecule has 0 atom stereocenters. The number of carbonyl (C=O) groups excluding carboxylic acids is 1. The maximum atomic E-state index is 13.1. The maximum Gasteiger partial charge on any atom is 0.435 e. The number of hydrogen-bond acceptors (Lipinski definition) is 7. The molecule has 2 aliphatic rings. The minimum absolute atomic E-state index is 0.231. The molecule has 3 aromatic rings. The van der Waals surface area contributed by atoms with Crippen molar-refractivity contribution in [1.82, 2.24) is 19.7 Å². The van der Waals surface area contributed by atoms with E-state index in [0.717, 1.165) is 57.0 Å². The molecule has 1 aromatic carbocycles. The van der Waals surface area contributed by atoms with Gasteiger partial charge in [-0.15, -0.1) is 0 Å². The summed E-state index contributed by atoms with van der Waals surface area (Å²) in [5, 5.41) is 8.75. The Kier molecular flexibility index (Phi) is 7.37. The minimum atomic E-state index is -4.54. The lowest BCUT2D eigenvalue weighted by Crippen LogP contribution is -2.49. The van der Waals surface area contributed by atoms with Crippen molar-refractivity contribution in [3.63, 3.8) is 0 Å². The van der Waals surface area contributed by atoms with Crippen molar-refractivity contribution in [1.29, 1.82) is 0 Å². The summed E-state index contributed by atoms with van der Waals surface area (Å²) in [6, 6.07) is 7.03. The van der Waals surface area contributed by atoms with E-state index in [4.69, 9.17) is 9.82 Å². The molecular weight excluding hydrogens is 524 g/mol.